The molecular weight excluding hydrogens is 492 g/mol. The number of hydrogen-bond donors (Lipinski definition) is 1. The Morgan fingerprint density at radius 3 is 2.41 bits per heavy atom. The van der Waals surface area contributed by atoms with Crippen molar-refractivity contribution in [1.29, 1.82) is 0 Å². The first-order valence-electron chi connectivity index (χ1n) is 10.3. The van der Waals surface area contributed by atoms with E-state index in [1.165, 1.54) is 13.8 Å². The first kappa shape index (κ1) is 26.1. The van der Waals surface area contributed by atoms with E-state index in [9.17, 15) is 31.2 Å². The fourth-order valence-corrected chi connectivity index (χ4v) is 7.22. The minimum absolute atomic E-state index is 0.151. The molecular formula is C20H26N2O10S2. The Morgan fingerprint density at radius 1 is 1.15 bits per heavy atom. The van der Waals surface area contributed by atoms with Crippen molar-refractivity contribution in [1.82, 2.24) is 9.62 Å². The molecule has 1 aromatic rings. The van der Waals surface area contributed by atoms with Crippen LogP contribution in [0.4, 0.5) is 0 Å². The molecule has 0 saturated carbocycles. The summed E-state index contributed by atoms with van der Waals surface area (Å²) in [5, 5.41) is -1.62. The summed E-state index contributed by atoms with van der Waals surface area (Å²) in [4.78, 5) is 38.0. The van der Waals surface area contributed by atoms with Crippen molar-refractivity contribution in [2.45, 2.75) is 49.6 Å². The summed E-state index contributed by atoms with van der Waals surface area (Å²) < 4.78 is 66.1. The fraction of sp³-hybridized carbons (Fsp3) is 0.550. The molecule has 2 saturated heterocycles. The van der Waals surface area contributed by atoms with Crippen molar-refractivity contribution in [3.63, 3.8) is 0 Å². The smallest absolute Gasteiger partial charge is 0.332 e. The van der Waals surface area contributed by atoms with Gasteiger partial charge in [-0.1, -0.05) is 30.3 Å². The minimum atomic E-state index is -4.43. The highest BCUT2D eigenvalue weighted by Crippen LogP contribution is 2.46. The normalized spacial score (nSPS) is 24.7. The highest BCUT2D eigenvalue weighted by molar-refractivity contribution is 7.94. The number of benzene rings is 1. The molecule has 0 spiro atoms. The molecule has 2 aliphatic rings. The molecule has 2 fully saturated rings. The summed E-state index contributed by atoms with van der Waals surface area (Å²) in [5.41, 5.74) is 0.646. The Bertz CT molecular complexity index is 1160. The number of amides is 1. The maximum Gasteiger partial charge on any atom is 0.332 e. The van der Waals surface area contributed by atoms with Gasteiger partial charge in [-0.3, -0.25) is 9.59 Å². The highest BCUT2D eigenvalue weighted by Gasteiger charge is 2.73. The lowest BCUT2D eigenvalue weighted by molar-refractivity contribution is -0.171. The van der Waals surface area contributed by atoms with Crippen LogP contribution in [0.25, 0.3) is 0 Å². The SMILES string of the molecule is CCOCOC(=O)[C@@H]1N2C(=O)[C@@H](NS(=O)(=O)CC(=O)OCc3ccccc3)[C@H]2S(=O)(=O)C1(C)C. The number of carbonyl (C=O) groups excluding carboxylic acids is 3. The van der Waals surface area contributed by atoms with Crippen molar-refractivity contribution in [2.75, 3.05) is 19.2 Å². The molecule has 0 unspecified atom stereocenters. The van der Waals surface area contributed by atoms with Gasteiger partial charge in [-0.05, 0) is 26.3 Å². The third-order valence-electron chi connectivity index (χ3n) is 5.64. The topological polar surface area (TPSA) is 162 Å². The zero-order valence-corrected chi connectivity index (χ0v) is 20.4. The fourth-order valence-electron chi connectivity index (χ4n) is 3.83. The molecule has 0 aliphatic carbocycles. The van der Waals surface area contributed by atoms with Gasteiger partial charge in [-0.2, -0.15) is 4.72 Å². The van der Waals surface area contributed by atoms with Gasteiger partial charge in [-0.25, -0.2) is 21.6 Å². The molecule has 188 valence electrons. The van der Waals surface area contributed by atoms with Crippen molar-refractivity contribution < 1.29 is 45.4 Å². The molecule has 2 heterocycles. The number of ether oxygens (including phenoxy) is 3. The van der Waals surface area contributed by atoms with Crippen molar-refractivity contribution in [3.8, 4) is 0 Å². The Morgan fingerprint density at radius 2 is 1.79 bits per heavy atom. The standard InChI is InChI=1S/C20H26N2O10S2/c1-4-30-12-32-19(25)16-20(2,3)34(28,29)18-15(17(24)22(16)18)21-33(26,27)11-14(23)31-10-13-8-6-5-7-9-13/h5-9,15-16,18,21H,4,10-12H2,1-3H3/t15-,16+,18-/m1/s1. The number of sulfonamides is 1. The number of carbonyl (C=O) groups is 3. The summed E-state index contributed by atoms with van der Waals surface area (Å²) in [6.45, 7) is 3.86. The molecule has 34 heavy (non-hydrogen) atoms. The van der Waals surface area contributed by atoms with Crippen LogP contribution in [0, 0.1) is 0 Å². The molecule has 12 nitrogen and oxygen atoms in total. The van der Waals surface area contributed by atoms with Crippen molar-refractivity contribution in [2.24, 2.45) is 0 Å². The van der Waals surface area contributed by atoms with Gasteiger partial charge in [-0.15, -0.1) is 0 Å². The number of rotatable bonds is 10. The Hall–Kier alpha value is -2.55. The van der Waals surface area contributed by atoms with Crippen LogP contribution >= 0.6 is 0 Å². The lowest BCUT2D eigenvalue weighted by Crippen LogP contribution is -2.72. The second-order valence-electron chi connectivity index (χ2n) is 8.26. The number of nitrogens with zero attached hydrogens (tertiary/aromatic N) is 1. The Labute approximate surface area is 197 Å². The maximum absolute atomic E-state index is 13.1. The maximum atomic E-state index is 13.1. The van der Waals surface area contributed by atoms with Crippen LogP contribution in [0.3, 0.4) is 0 Å². The van der Waals surface area contributed by atoms with Crippen LogP contribution in [0.1, 0.15) is 26.3 Å². The van der Waals surface area contributed by atoms with Gasteiger partial charge in [0.1, 0.15) is 23.4 Å². The summed E-state index contributed by atoms with van der Waals surface area (Å²) in [6.07, 6.45) is 0. The van der Waals surface area contributed by atoms with E-state index < -0.39 is 72.5 Å². The summed E-state index contributed by atoms with van der Waals surface area (Å²) in [6, 6.07) is 5.42. The molecule has 3 atom stereocenters. The van der Waals surface area contributed by atoms with Crippen molar-refractivity contribution in [3.05, 3.63) is 35.9 Å². The van der Waals surface area contributed by atoms with Crippen LogP contribution < -0.4 is 4.72 Å². The van der Waals surface area contributed by atoms with Crippen molar-refractivity contribution >= 4 is 37.7 Å². The predicted octanol–water partition coefficient (Wildman–Crippen LogP) is -0.701. The molecule has 3 rings (SSSR count). The van der Waals surface area contributed by atoms with E-state index in [0.29, 0.717) is 5.56 Å². The third kappa shape index (κ3) is 4.80. The van der Waals surface area contributed by atoms with Crippen LogP contribution in [0.5, 0.6) is 0 Å². The molecule has 14 heteroatoms. The van der Waals surface area contributed by atoms with Crippen LogP contribution in [0.15, 0.2) is 30.3 Å². The second kappa shape index (κ2) is 9.60. The summed E-state index contributed by atoms with van der Waals surface area (Å²) in [5.74, 6) is -4.09. The van der Waals surface area contributed by atoms with Crippen LogP contribution in [-0.4, -0.2) is 80.9 Å². The van der Waals surface area contributed by atoms with E-state index >= 15 is 0 Å². The summed E-state index contributed by atoms with van der Waals surface area (Å²) >= 11 is 0. The lowest BCUT2D eigenvalue weighted by Gasteiger charge is -2.42. The molecule has 0 radical (unpaired) electrons. The third-order valence-corrected chi connectivity index (χ3v) is 9.69. The first-order valence-corrected chi connectivity index (χ1v) is 13.5. The zero-order valence-electron chi connectivity index (χ0n) is 18.8. The van der Waals surface area contributed by atoms with Gasteiger partial charge < -0.3 is 19.1 Å². The largest absolute Gasteiger partial charge is 0.460 e. The molecule has 2 aliphatic heterocycles. The van der Waals surface area contributed by atoms with Gasteiger partial charge in [0.15, 0.2) is 27.8 Å². The van der Waals surface area contributed by atoms with E-state index in [0.717, 1.165) is 4.90 Å². The number of β-lactam (4-membered cyclic amide) rings is 1. The van der Waals surface area contributed by atoms with Gasteiger partial charge in [0.25, 0.3) is 0 Å². The average Bonchev–Trinajstić information content (AvgIpc) is 2.91. The Kier molecular flexibility index (Phi) is 7.36. The summed E-state index contributed by atoms with van der Waals surface area (Å²) in [7, 11) is -8.63. The average molecular weight is 519 g/mol. The predicted molar refractivity (Wildman–Crippen MR) is 117 cm³/mol. The monoisotopic (exact) mass is 518 g/mol. The number of esters is 2. The number of fused-ring (bicyclic) bond motifs is 1. The van der Waals surface area contributed by atoms with Gasteiger partial charge in [0, 0.05) is 6.61 Å². The minimum Gasteiger partial charge on any atom is -0.460 e. The molecule has 0 bridgehead atoms. The molecule has 1 amide bonds. The molecule has 1 aromatic carbocycles. The van der Waals surface area contributed by atoms with E-state index in [2.05, 4.69) is 0 Å². The van der Waals surface area contributed by atoms with Gasteiger partial charge in [0.2, 0.25) is 15.9 Å². The van der Waals surface area contributed by atoms with E-state index in [-0.39, 0.29) is 13.2 Å². The zero-order chi connectivity index (χ0) is 25.3. The number of hydrogen-bond acceptors (Lipinski definition) is 10. The van der Waals surface area contributed by atoms with Crippen LogP contribution in [-0.2, 0) is 55.1 Å². The van der Waals surface area contributed by atoms with Crippen LogP contribution in [0.2, 0.25) is 0 Å². The quantitative estimate of drug-likeness (QED) is 0.181. The second-order valence-corrected chi connectivity index (χ2v) is 12.6. The van der Waals surface area contributed by atoms with E-state index in [1.807, 2.05) is 4.72 Å². The van der Waals surface area contributed by atoms with E-state index in [4.69, 9.17) is 14.2 Å². The first-order chi connectivity index (χ1) is 15.8. The Balaban J connectivity index is 1.69. The van der Waals surface area contributed by atoms with Gasteiger partial charge >= 0.3 is 11.9 Å². The molecule has 0 aromatic heterocycles. The van der Waals surface area contributed by atoms with Gasteiger partial charge in [0.05, 0.1) is 0 Å². The molecule has 1 N–H and O–H groups in total. The van der Waals surface area contributed by atoms with E-state index in [1.54, 1.807) is 37.3 Å². The highest BCUT2D eigenvalue weighted by atomic mass is 32.2. The number of sulfone groups is 1. The lowest BCUT2D eigenvalue weighted by atomic mass is 9.96. The number of nitrogens with one attached hydrogen (secondary N) is 1.